The minimum absolute atomic E-state index is 0.0234. The highest BCUT2D eigenvalue weighted by atomic mass is 35.5. The van der Waals surface area contributed by atoms with Crippen molar-refractivity contribution in [3.8, 4) is 0 Å². The van der Waals surface area contributed by atoms with Gasteiger partial charge in [-0.3, -0.25) is 4.79 Å². The number of hydrogen-bond acceptors (Lipinski definition) is 4. The molecular weight excluding hydrogens is 500 g/mol. The summed E-state index contributed by atoms with van der Waals surface area (Å²) < 4.78 is 47.7. The molecule has 0 unspecified atom stereocenters. The summed E-state index contributed by atoms with van der Waals surface area (Å²) in [7, 11) is -2.67. The SMILES string of the molecule is COC(=O)Cn1c(C)c(Cc2ccccc2S(=O)(=O)c2ccc(Cl)cc2Cl)c2cc(F)ccc21. The fraction of sp³-hybridized carbons (Fsp3) is 0.160. The predicted octanol–water partition coefficient (Wildman–Crippen LogP) is 5.99. The van der Waals surface area contributed by atoms with Gasteiger partial charge in [0.05, 0.1) is 21.9 Å². The maximum absolute atomic E-state index is 14.2. The van der Waals surface area contributed by atoms with Gasteiger partial charge in [0, 0.05) is 28.0 Å². The third-order valence-corrected chi connectivity index (χ3v) is 8.32. The molecule has 0 radical (unpaired) electrons. The number of sulfone groups is 1. The van der Waals surface area contributed by atoms with E-state index in [0.29, 0.717) is 32.7 Å². The smallest absolute Gasteiger partial charge is 0.325 e. The summed E-state index contributed by atoms with van der Waals surface area (Å²) in [6.45, 7) is 1.76. The first kappa shape index (κ1) is 24.3. The predicted molar refractivity (Wildman–Crippen MR) is 130 cm³/mol. The molecule has 0 N–H and O–H groups in total. The van der Waals surface area contributed by atoms with E-state index < -0.39 is 21.6 Å². The number of fused-ring (bicyclic) bond motifs is 1. The second kappa shape index (κ2) is 9.41. The van der Waals surface area contributed by atoms with Crippen LogP contribution in [0, 0.1) is 12.7 Å². The number of carbonyl (C=O) groups is 1. The second-order valence-corrected chi connectivity index (χ2v) is 10.5. The number of aromatic nitrogens is 1. The van der Waals surface area contributed by atoms with Gasteiger partial charge in [-0.25, -0.2) is 12.8 Å². The van der Waals surface area contributed by atoms with E-state index in [9.17, 15) is 17.6 Å². The van der Waals surface area contributed by atoms with Crippen molar-refractivity contribution in [1.82, 2.24) is 4.57 Å². The van der Waals surface area contributed by atoms with Crippen LogP contribution in [0.5, 0.6) is 0 Å². The fourth-order valence-corrected chi connectivity index (χ4v) is 6.31. The Kier molecular flexibility index (Phi) is 6.71. The van der Waals surface area contributed by atoms with E-state index in [4.69, 9.17) is 27.9 Å². The maximum atomic E-state index is 14.2. The lowest BCUT2D eigenvalue weighted by Crippen LogP contribution is -2.13. The van der Waals surface area contributed by atoms with Gasteiger partial charge in [0.15, 0.2) is 0 Å². The Hall–Kier alpha value is -2.87. The molecule has 34 heavy (non-hydrogen) atoms. The molecule has 4 rings (SSSR count). The number of rotatable bonds is 6. The van der Waals surface area contributed by atoms with Crippen LogP contribution in [0.25, 0.3) is 10.9 Å². The number of esters is 1. The molecule has 0 atom stereocenters. The minimum Gasteiger partial charge on any atom is -0.468 e. The fourth-order valence-electron chi connectivity index (χ4n) is 4.06. The summed E-state index contributed by atoms with van der Waals surface area (Å²) in [5, 5.41) is 0.946. The van der Waals surface area contributed by atoms with Crippen LogP contribution >= 0.6 is 23.2 Å². The largest absolute Gasteiger partial charge is 0.468 e. The normalized spacial score (nSPS) is 11.7. The summed E-state index contributed by atoms with van der Waals surface area (Å²) in [6.07, 6.45) is 0.195. The molecule has 4 aromatic rings. The number of carbonyl (C=O) groups excluding carboxylic acids is 1. The lowest BCUT2D eigenvalue weighted by molar-refractivity contribution is -0.141. The summed E-state index contributed by atoms with van der Waals surface area (Å²) in [5.74, 6) is -0.881. The Balaban J connectivity index is 1.87. The van der Waals surface area contributed by atoms with Gasteiger partial charge < -0.3 is 9.30 Å². The van der Waals surface area contributed by atoms with Crippen molar-refractivity contribution in [2.75, 3.05) is 7.11 Å². The van der Waals surface area contributed by atoms with E-state index in [1.165, 1.54) is 43.5 Å². The highest BCUT2D eigenvalue weighted by molar-refractivity contribution is 7.91. The van der Waals surface area contributed by atoms with Gasteiger partial charge in [-0.05, 0) is 60.5 Å². The zero-order valence-electron chi connectivity index (χ0n) is 18.3. The van der Waals surface area contributed by atoms with Crippen molar-refractivity contribution in [3.63, 3.8) is 0 Å². The monoisotopic (exact) mass is 519 g/mol. The van der Waals surface area contributed by atoms with E-state index in [-0.39, 0.29) is 27.8 Å². The highest BCUT2D eigenvalue weighted by Gasteiger charge is 2.25. The number of hydrogen-bond donors (Lipinski definition) is 0. The van der Waals surface area contributed by atoms with Crippen LogP contribution in [0.1, 0.15) is 16.8 Å². The summed E-state index contributed by atoms with van der Waals surface area (Å²) in [4.78, 5) is 12.0. The Labute approximate surface area is 206 Å². The molecule has 0 aliphatic carbocycles. The Morgan fingerprint density at radius 1 is 1.03 bits per heavy atom. The molecule has 1 aromatic heterocycles. The van der Waals surface area contributed by atoms with Crippen LogP contribution < -0.4 is 0 Å². The Morgan fingerprint density at radius 3 is 2.47 bits per heavy atom. The van der Waals surface area contributed by atoms with Crippen LogP contribution in [0.2, 0.25) is 10.0 Å². The molecule has 0 aliphatic rings. The molecule has 0 amide bonds. The van der Waals surface area contributed by atoms with Crippen LogP contribution in [-0.4, -0.2) is 26.1 Å². The molecule has 9 heteroatoms. The maximum Gasteiger partial charge on any atom is 0.325 e. The lowest BCUT2D eigenvalue weighted by Gasteiger charge is -2.13. The summed E-state index contributed by atoms with van der Waals surface area (Å²) in [5.41, 5.74) is 2.59. The van der Waals surface area contributed by atoms with Gasteiger partial charge in [0.2, 0.25) is 9.84 Å². The molecule has 0 bridgehead atoms. The number of halogens is 3. The van der Waals surface area contributed by atoms with E-state index in [1.54, 1.807) is 28.8 Å². The van der Waals surface area contributed by atoms with Crippen molar-refractivity contribution in [3.05, 3.63) is 93.3 Å². The zero-order chi connectivity index (χ0) is 24.6. The molecule has 176 valence electrons. The molecule has 0 fully saturated rings. The van der Waals surface area contributed by atoms with Gasteiger partial charge in [0.25, 0.3) is 0 Å². The van der Waals surface area contributed by atoms with Crippen molar-refractivity contribution in [2.24, 2.45) is 0 Å². The first-order valence-electron chi connectivity index (χ1n) is 10.3. The molecule has 0 saturated carbocycles. The van der Waals surface area contributed by atoms with Crippen LogP contribution in [0.4, 0.5) is 4.39 Å². The average molecular weight is 520 g/mol. The first-order valence-corrected chi connectivity index (χ1v) is 12.5. The number of benzene rings is 3. The van der Waals surface area contributed by atoms with Gasteiger partial charge in [-0.1, -0.05) is 41.4 Å². The van der Waals surface area contributed by atoms with Crippen LogP contribution in [0.3, 0.4) is 0 Å². The van der Waals surface area contributed by atoms with Gasteiger partial charge in [-0.2, -0.15) is 0 Å². The third kappa shape index (κ3) is 4.43. The molecular formula is C25H20Cl2FNO4S. The van der Waals surface area contributed by atoms with Crippen LogP contribution in [-0.2, 0) is 32.3 Å². The van der Waals surface area contributed by atoms with Crippen molar-refractivity contribution >= 4 is 49.9 Å². The highest BCUT2D eigenvalue weighted by Crippen LogP contribution is 2.34. The van der Waals surface area contributed by atoms with Crippen molar-refractivity contribution in [2.45, 2.75) is 29.7 Å². The van der Waals surface area contributed by atoms with Gasteiger partial charge in [0.1, 0.15) is 12.4 Å². The quantitative estimate of drug-likeness (QED) is 0.293. The van der Waals surface area contributed by atoms with E-state index in [1.807, 2.05) is 6.92 Å². The van der Waals surface area contributed by atoms with Gasteiger partial charge in [-0.15, -0.1) is 0 Å². The molecule has 5 nitrogen and oxygen atoms in total. The topological polar surface area (TPSA) is 65.4 Å². The minimum atomic E-state index is -3.97. The molecule has 0 spiro atoms. The van der Waals surface area contributed by atoms with Crippen molar-refractivity contribution in [1.29, 1.82) is 0 Å². The first-order chi connectivity index (χ1) is 16.1. The summed E-state index contributed by atoms with van der Waals surface area (Å²) in [6, 6.07) is 15.1. The molecule has 1 heterocycles. The van der Waals surface area contributed by atoms with Crippen LogP contribution in [0.15, 0.2) is 70.5 Å². The van der Waals surface area contributed by atoms with Gasteiger partial charge >= 0.3 is 5.97 Å². The van der Waals surface area contributed by atoms with E-state index >= 15 is 0 Å². The number of methoxy groups -OCH3 is 1. The Bertz CT molecular complexity index is 1530. The standard InChI is InChI=1S/C25H20Cl2FNO4S/c1-15-19(20-13-18(28)8-9-22(20)29(15)14-25(30)33-2)11-16-5-3-4-6-23(16)34(31,32)24-10-7-17(26)12-21(24)27/h3-10,12-13H,11,14H2,1-2H3. The number of nitrogens with zero attached hydrogens (tertiary/aromatic N) is 1. The van der Waals surface area contributed by atoms with Crippen molar-refractivity contribution < 1.29 is 22.3 Å². The lowest BCUT2D eigenvalue weighted by atomic mass is 10.0. The van der Waals surface area contributed by atoms with E-state index in [0.717, 1.165) is 0 Å². The molecule has 3 aromatic carbocycles. The summed E-state index contributed by atoms with van der Waals surface area (Å²) >= 11 is 12.2. The average Bonchev–Trinajstić information content (AvgIpc) is 3.04. The van der Waals surface area contributed by atoms with E-state index in [2.05, 4.69) is 0 Å². The molecule has 0 saturated heterocycles. The Morgan fingerprint density at radius 2 is 1.76 bits per heavy atom. The zero-order valence-corrected chi connectivity index (χ0v) is 20.6. The molecule has 0 aliphatic heterocycles. The number of ether oxygens (including phenoxy) is 1. The second-order valence-electron chi connectivity index (χ2n) is 7.75. The third-order valence-electron chi connectivity index (χ3n) is 5.74.